The highest BCUT2D eigenvalue weighted by atomic mass is 16.2. The van der Waals surface area contributed by atoms with E-state index in [1.807, 2.05) is 16.7 Å². The molecule has 2 rings (SSSR count). The van der Waals surface area contributed by atoms with Crippen molar-refractivity contribution in [1.29, 1.82) is 0 Å². The highest BCUT2D eigenvalue weighted by Crippen LogP contribution is 2.12. The van der Waals surface area contributed by atoms with Crippen LogP contribution >= 0.6 is 0 Å². The molecule has 1 N–H and O–H groups in total. The maximum Gasteiger partial charge on any atom is 0.239 e. The van der Waals surface area contributed by atoms with E-state index in [1.165, 1.54) is 6.42 Å². The van der Waals surface area contributed by atoms with Gasteiger partial charge in [-0.1, -0.05) is 13.3 Å². The lowest BCUT2D eigenvalue weighted by Crippen LogP contribution is -2.49. The first-order chi connectivity index (χ1) is 9.22. The summed E-state index contributed by atoms with van der Waals surface area (Å²) in [6.45, 7) is 5.78. The van der Waals surface area contributed by atoms with Crippen LogP contribution in [0.25, 0.3) is 0 Å². The molecule has 0 aliphatic carbocycles. The highest BCUT2D eigenvalue weighted by molar-refractivity contribution is 5.82. The van der Waals surface area contributed by atoms with Crippen molar-refractivity contribution in [3.63, 3.8) is 0 Å². The summed E-state index contributed by atoms with van der Waals surface area (Å²) in [6.07, 6.45) is 4.70. The summed E-state index contributed by atoms with van der Waals surface area (Å²) in [5.41, 5.74) is 0. The van der Waals surface area contributed by atoms with Crippen LogP contribution in [0.5, 0.6) is 0 Å². The SMILES string of the molecule is CCC(=O)N1CCCN(C(=O)C2CCCCN2)CC1. The molecule has 108 valence electrons. The minimum absolute atomic E-state index is 0.00202. The van der Waals surface area contributed by atoms with Crippen molar-refractivity contribution in [2.24, 2.45) is 0 Å². The smallest absolute Gasteiger partial charge is 0.239 e. The van der Waals surface area contributed by atoms with Crippen LogP contribution in [0.15, 0.2) is 0 Å². The molecule has 5 heteroatoms. The zero-order valence-electron chi connectivity index (χ0n) is 11.9. The van der Waals surface area contributed by atoms with Crippen molar-refractivity contribution in [1.82, 2.24) is 15.1 Å². The number of hydrogen-bond acceptors (Lipinski definition) is 3. The standard InChI is InChI=1S/C14H25N3O2/c1-2-13(18)16-8-5-9-17(11-10-16)14(19)12-6-3-4-7-15-12/h12,15H,2-11H2,1H3. The van der Waals surface area contributed by atoms with Crippen LogP contribution in [-0.4, -0.2) is 60.4 Å². The van der Waals surface area contributed by atoms with Crippen LogP contribution in [0.2, 0.25) is 0 Å². The molecule has 5 nitrogen and oxygen atoms in total. The average molecular weight is 267 g/mol. The molecular formula is C14H25N3O2. The molecule has 0 spiro atoms. The van der Waals surface area contributed by atoms with Crippen molar-refractivity contribution in [3.8, 4) is 0 Å². The summed E-state index contributed by atoms with van der Waals surface area (Å²) >= 11 is 0. The molecule has 2 aliphatic heterocycles. The predicted octanol–water partition coefficient (Wildman–Crippen LogP) is 0.599. The van der Waals surface area contributed by atoms with E-state index >= 15 is 0 Å². The molecule has 0 aromatic carbocycles. The first-order valence-electron chi connectivity index (χ1n) is 7.52. The minimum atomic E-state index is 0.00202. The quantitative estimate of drug-likeness (QED) is 0.797. The third-order valence-corrected chi connectivity index (χ3v) is 4.07. The summed E-state index contributed by atoms with van der Waals surface area (Å²) in [5, 5.41) is 3.31. The van der Waals surface area contributed by atoms with Crippen LogP contribution in [0, 0.1) is 0 Å². The molecule has 19 heavy (non-hydrogen) atoms. The first-order valence-corrected chi connectivity index (χ1v) is 7.52. The van der Waals surface area contributed by atoms with Crippen molar-refractivity contribution in [3.05, 3.63) is 0 Å². The van der Waals surface area contributed by atoms with Gasteiger partial charge in [0.05, 0.1) is 6.04 Å². The van der Waals surface area contributed by atoms with Gasteiger partial charge in [-0.15, -0.1) is 0 Å². The lowest BCUT2D eigenvalue weighted by molar-refractivity contribution is -0.135. The number of piperidine rings is 1. The Morgan fingerprint density at radius 2 is 1.79 bits per heavy atom. The topological polar surface area (TPSA) is 52.7 Å². The number of carbonyl (C=O) groups is 2. The van der Waals surface area contributed by atoms with Gasteiger partial charge in [-0.05, 0) is 25.8 Å². The predicted molar refractivity (Wildman–Crippen MR) is 73.7 cm³/mol. The summed E-state index contributed by atoms with van der Waals surface area (Å²) in [4.78, 5) is 27.9. The van der Waals surface area contributed by atoms with Gasteiger partial charge in [0.25, 0.3) is 0 Å². The molecule has 2 heterocycles. The van der Waals surface area contributed by atoms with Crippen LogP contribution in [-0.2, 0) is 9.59 Å². The lowest BCUT2D eigenvalue weighted by Gasteiger charge is -2.29. The van der Waals surface area contributed by atoms with Gasteiger partial charge in [-0.25, -0.2) is 0 Å². The number of carbonyl (C=O) groups excluding carboxylic acids is 2. The van der Waals surface area contributed by atoms with E-state index in [1.54, 1.807) is 0 Å². The molecule has 2 amide bonds. The molecule has 1 unspecified atom stereocenters. The molecule has 0 saturated carbocycles. The van der Waals surface area contributed by atoms with E-state index < -0.39 is 0 Å². The Balaban J connectivity index is 1.87. The fraction of sp³-hybridized carbons (Fsp3) is 0.857. The van der Waals surface area contributed by atoms with E-state index in [9.17, 15) is 9.59 Å². The summed E-state index contributed by atoms with van der Waals surface area (Å²) in [6, 6.07) is 0.00202. The zero-order valence-corrected chi connectivity index (χ0v) is 11.9. The molecule has 0 aromatic rings. The van der Waals surface area contributed by atoms with Crippen LogP contribution < -0.4 is 5.32 Å². The largest absolute Gasteiger partial charge is 0.341 e. The zero-order chi connectivity index (χ0) is 13.7. The summed E-state index contributed by atoms with van der Waals surface area (Å²) in [5.74, 6) is 0.426. The third-order valence-electron chi connectivity index (χ3n) is 4.07. The molecule has 0 radical (unpaired) electrons. The minimum Gasteiger partial charge on any atom is -0.341 e. The van der Waals surface area contributed by atoms with E-state index in [2.05, 4.69) is 5.32 Å². The average Bonchev–Trinajstić information content (AvgIpc) is 2.72. The maximum absolute atomic E-state index is 12.4. The van der Waals surface area contributed by atoms with E-state index in [0.29, 0.717) is 19.5 Å². The van der Waals surface area contributed by atoms with Gasteiger partial charge in [0.15, 0.2) is 0 Å². The lowest BCUT2D eigenvalue weighted by atomic mass is 10.0. The fourth-order valence-electron chi connectivity index (χ4n) is 2.89. The number of amides is 2. The Morgan fingerprint density at radius 3 is 2.47 bits per heavy atom. The number of rotatable bonds is 2. The van der Waals surface area contributed by atoms with E-state index in [4.69, 9.17) is 0 Å². The van der Waals surface area contributed by atoms with Gasteiger partial charge in [0.1, 0.15) is 0 Å². The van der Waals surface area contributed by atoms with Crippen molar-refractivity contribution >= 4 is 11.8 Å². The Morgan fingerprint density at radius 1 is 1.05 bits per heavy atom. The Bertz CT molecular complexity index is 327. The van der Waals surface area contributed by atoms with Gasteiger partial charge in [0, 0.05) is 32.6 Å². The number of nitrogens with zero attached hydrogens (tertiary/aromatic N) is 2. The van der Waals surface area contributed by atoms with Crippen LogP contribution in [0.4, 0.5) is 0 Å². The maximum atomic E-state index is 12.4. The second kappa shape index (κ2) is 6.89. The molecule has 0 aromatic heterocycles. The van der Waals surface area contributed by atoms with Gasteiger partial charge in [-0.3, -0.25) is 9.59 Å². The van der Waals surface area contributed by atoms with E-state index in [0.717, 1.165) is 38.9 Å². The number of nitrogens with one attached hydrogen (secondary N) is 1. The normalized spacial score (nSPS) is 25.0. The van der Waals surface area contributed by atoms with E-state index in [-0.39, 0.29) is 17.9 Å². The third kappa shape index (κ3) is 3.69. The van der Waals surface area contributed by atoms with Crippen molar-refractivity contribution in [2.45, 2.75) is 45.1 Å². The summed E-state index contributed by atoms with van der Waals surface area (Å²) < 4.78 is 0. The Kier molecular flexibility index (Phi) is 5.19. The fourth-order valence-corrected chi connectivity index (χ4v) is 2.89. The molecule has 2 fully saturated rings. The van der Waals surface area contributed by atoms with Gasteiger partial charge in [0.2, 0.25) is 11.8 Å². The molecular weight excluding hydrogens is 242 g/mol. The van der Waals surface area contributed by atoms with Crippen molar-refractivity contribution in [2.75, 3.05) is 32.7 Å². The Hall–Kier alpha value is -1.10. The molecule has 2 saturated heterocycles. The van der Waals surface area contributed by atoms with Crippen LogP contribution in [0.1, 0.15) is 39.0 Å². The molecule has 0 bridgehead atoms. The van der Waals surface area contributed by atoms with Crippen molar-refractivity contribution < 1.29 is 9.59 Å². The van der Waals surface area contributed by atoms with Gasteiger partial charge >= 0.3 is 0 Å². The second-order valence-electron chi connectivity index (χ2n) is 5.42. The van der Waals surface area contributed by atoms with Crippen LogP contribution in [0.3, 0.4) is 0 Å². The van der Waals surface area contributed by atoms with Gasteiger partial charge in [-0.2, -0.15) is 0 Å². The molecule has 1 atom stereocenters. The van der Waals surface area contributed by atoms with Gasteiger partial charge < -0.3 is 15.1 Å². The Labute approximate surface area is 115 Å². The monoisotopic (exact) mass is 267 g/mol. The molecule has 2 aliphatic rings. The highest BCUT2D eigenvalue weighted by Gasteiger charge is 2.27. The first kappa shape index (κ1) is 14.3. The second-order valence-corrected chi connectivity index (χ2v) is 5.42. The summed E-state index contributed by atoms with van der Waals surface area (Å²) in [7, 11) is 0. The number of hydrogen-bond donors (Lipinski definition) is 1.